The molecular weight excluding hydrogens is 622 g/mol. The second-order valence-electron chi connectivity index (χ2n) is 8.14. The van der Waals surface area contributed by atoms with Gasteiger partial charge >= 0.3 is 5.97 Å². The molecule has 4 rings (SSSR count). The molecule has 0 aliphatic heterocycles. The van der Waals surface area contributed by atoms with Crippen molar-refractivity contribution < 1.29 is 27.5 Å². The highest BCUT2D eigenvalue weighted by atomic mass is 79.9. The fraction of sp³-hybridized carbons (Fsp3) is 0.0357. The van der Waals surface area contributed by atoms with Crippen LogP contribution in [0.2, 0.25) is 5.02 Å². The van der Waals surface area contributed by atoms with Crippen molar-refractivity contribution >= 4 is 61.3 Å². The number of nitrogens with one attached hydrogen (secondary N) is 2. The van der Waals surface area contributed by atoms with Gasteiger partial charge in [-0.3, -0.25) is 9.52 Å². The van der Waals surface area contributed by atoms with Gasteiger partial charge in [0.15, 0.2) is 0 Å². The van der Waals surface area contributed by atoms with Crippen LogP contribution in [0.1, 0.15) is 26.3 Å². The molecule has 0 bridgehead atoms. The lowest BCUT2D eigenvalue weighted by Gasteiger charge is -2.09. The molecule has 4 aromatic rings. The van der Waals surface area contributed by atoms with Crippen LogP contribution in [0, 0.1) is 0 Å². The van der Waals surface area contributed by atoms with Crippen molar-refractivity contribution in [2.24, 2.45) is 5.10 Å². The zero-order valence-electron chi connectivity index (χ0n) is 20.8. The zero-order valence-corrected chi connectivity index (χ0v) is 24.0. The average molecular weight is 643 g/mol. The summed E-state index contributed by atoms with van der Waals surface area (Å²) in [6.07, 6.45) is 1.34. The number of hydrazone groups is 1. The molecule has 2 N–H and O–H groups in total. The maximum Gasteiger partial charge on any atom is 0.343 e. The summed E-state index contributed by atoms with van der Waals surface area (Å²) in [4.78, 5) is 25.2. The molecular formula is C28H21BrClN3O6S. The zero-order chi connectivity index (χ0) is 28.7. The Morgan fingerprint density at radius 1 is 0.900 bits per heavy atom. The van der Waals surface area contributed by atoms with E-state index in [4.69, 9.17) is 21.1 Å². The summed E-state index contributed by atoms with van der Waals surface area (Å²) < 4.78 is 38.9. The largest absolute Gasteiger partial charge is 0.497 e. The molecule has 0 saturated heterocycles. The van der Waals surface area contributed by atoms with Crippen LogP contribution in [0.15, 0.2) is 105 Å². The highest BCUT2D eigenvalue weighted by Crippen LogP contribution is 2.24. The minimum atomic E-state index is -3.82. The number of carbonyl (C=O) groups is 2. The molecule has 0 radical (unpaired) electrons. The molecule has 204 valence electrons. The topological polar surface area (TPSA) is 123 Å². The monoisotopic (exact) mass is 641 g/mol. The summed E-state index contributed by atoms with van der Waals surface area (Å²) in [7, 11) is -2.29. The number of ether oxygens (including phenoxy) is 2. The maximum atomic E-state index is 12.6. The summed E-state index contributed by atoms with van der Waals surface area (Å²) in [5, 5.41) is 4.39. The van der Waals surface area contributed by atoms with Gasteiger partial charge in [0.25, 0.3) is 15.9 Å². The Labute approximate surface area is 244 Å². The highest BCUT2D eigenvalue weighted by Gasteiger charge is 2.15. The number of carbonyl (C=O) groups excluding carboxylic acids is 2. The van der Waals surface area contributed by atoms with E-state index in [0.717, 1.165) is 0 Å². The minimum Gasteiger partial charge on any atom is -0.497 e. The molecule has 0 fully saturated rings. The van der Waals surface area contributed by atoms with Crippen molar-refractivity contribution in [1.82, 2.24) is 5.43 Å². The van der Waals surface area contributed by atoms with Crippen LogP contribution in [-0.4, -0.2) is 33.6 Å². The second kappa shape index (κ2) is 12.8. The van der Waals surface area contributed by atoms with Crippen molar-refractivity contribution in [3.8, 4) is 11.5 Å². The third kappa shape index (κ3) is 7.47. The number of rotatable bonds is 9. The van der Waals surface area contributed by atoms with Gasteiger partial charge in [0.2, 0.25) is 0 Å². The lowest BCUT2D eigenvalue weighted by Crippen LogP contribution is -2.18. The number of nitrogens with zero attached hydrogens (tertiary/aromatic N) is 1. The SMILES string of the molecule is COc1ccc(C(=O)Oc2ccc(Br)cc2C=NNC(=O)c2ccc(NS(=O)(=O)c3ccc(Cl)cc3)cc2)cc1. The van der Waals surface area contributed by atoms with E-state index in [0.29, 0.717) is 26.4 Å². The number of halogens is 2. The van der Waals surface area contributed by atoms with Crippen molar-refractivity contribution in [3.05, 3.63) is 117 Å². The molecule has 1 amide bonds. The molecule has 0 heterocycles. The van der Waals surface area contributed by atoms with E-state index in [2.05, 4.69) is 31.2 Å². The molecule has 4 aromatic carbocycles. The van der Waals surface area contributed by atoms with Gasteiger partial charge in [-0.15, -0.1) is 0 Å². The minimum absolute atomic E-state index is 0.0506. The van der Waals surface area contributed by atoms with Crippen LogP contribution in [0.25, 0.3) is 0 Å². The Morgan fingerprint density at radius 3 is 2.20 bits per heavy atom. The Balaban J connectivity index is 1.40. The van der Waals surface area contributed by atoms with Gasteiger partial charge in [0.05, 0.1) is 23.8 Å². The highest BCUT2D eigenvalue weighted by molar-refractivity contribution is 9.10. The quantitative estimate of drug-likeness (QED) is 0.102. The predicted octanol–water partition coefficient (Wildman–Crippen LogP) is 5.90. The standard InChI is InChI=1S/C28H21BrClN3O6S/c1-38-24-11-4-19(5-12-24)28(35)39-26-15-6-21(29)16-20(26)17-31-32-27(34)18-2-9-23(10-3-18)33-40(36,37)25-13-7-22(30)8-14-25/h2-17,33H,1H3,(H,32,34). The van der Waals surface area contributed by atoms with Crippen molar-refractivity contribution in [1.29, 1.82) is 0 Å². The number of anilines is 1. The van der Waals surface area contributed by atoms with E-state index in [1.54, 1.807) is 42.5 Å². The summed E-state index contributed by atoms with van der Waals surface area (Å²) in [5.41, 5.74) is 3.68. The maximum absolute atomic E-state index is 12.6. The Hall–Kier alpha value is -4.19. The van der Waals surface area contributed by atoms with Gasteiger partial charge in [-0.25, -0.2) is 18.6 Å². The molecule has 0 spiro atoms. The number of amides is 1. The molecule has 0 saturated carbocycles. The smallest absolute Gasteiger partial charge is 0.343 e. The molecule has 12 heteroatoms. The summed E-state index contributed by atoms with van der Waals surface area (Å²) >= 11 is 9.19. The van der Waals surface area contributed by atoms with Gasteiger partial charge in [-0.1, -0.05) is 27.5 Å². The molecule has 0 atom stereocenters. The predicted molar refractivity (Wildman–Crippen MR) is 156 cm³/mol. The molecule has 0 aliphatic rings. The van der Waals surface area contributed by atoms with Crippen LogP contribution in [0.3, 0.4) is 0 Å². The fourth-order valence-electron chi connectivity index (χ4n) is 3.34. The fourth-order valence-corrected chi connectivity index (χ4v) is 4.90. The first-order chi connectivity index (χ1) is 19.1. The summed E-state index contributed by atoms with van der Waals surface area (Å²) in [5.74, 6) is -0.262. The van der Waals surface area contributed by atoms with Crippen molar-refractivity contribution in [2.45, 2.75) is 4.90 Å². The molecule has 9 nitrogen and oxygen atoms in total. The Kier molecular flexibility index (Phi) is 9.20. The van der Waals surface area contributed by atoms with E-state index >= 15 is 0 Å². The van der Waals surface area contributed by atoms with E-state index in [-0.39, 0.29) is 21.9 Å². The van der Waals surface area contributed by atoms with Gasteiger partial charge in [-0.2, -0.15) is 5.10 Å². The van der Waals surface area contributed by atoms with Gasteiger partial charge in [0, 0.05) is 26.3 Å². The van der Waals surface area contributed by atoms with Gasteiger partial charge in [0.1, 0.15) is 11.5 Å². The van der Waals surface area contributed by atoms with Crippen molar-refractivity contribution in [3.63, 3.8) is 0 Å². The van der Waals surface area contributed by atoms with Crippen LogP contribution < -0.4 is 19.6 Å². The number of sulfonamides is 1. The number of hydrogen-bond donors (Lipinski definition) is 2. The van der Waals surface area contributed by atoms with Gasteiger partial charge in [-0.05, 0) is 91.0 Å². The lowest BCUT2D eigenvalue weighted by molar-refractivity contribution is 0.0734. The first-order valence-corrected chi connectivity index (χ1v) is 14.2. The first kappa shape index (κ1) is 28.8. The Bertz CT molecular complexity index is 1660. The summed E-state index contributed by atoms with van der Waals surface area (Å²) in [6.45, 7) is 0. The molecule has 0 unspecified atom stereocenters. The Morgan fingerprint density at radius 2 is 1.55 bits per heavy atom. The van der Waals surface area contributed by atoms with Crippen molar-refractivity contribution in [2.75, 3.05) is 11.8 Å². The van der Waals surface area contributed by atoms with E-state index in [1.165, 1.54) is 61.9 Å². The van der Waals surface area contributed by atoms with E-state index in [9.17, 15) is 18.0 Å². The van der Waals surface area contributed by atoms with Crippen LogP contribution in [-0.2, 0) is 10.0 Å². The third-order valence-electron chi connectivity index (χ3n) is 5.39. The first-order valence-electron chi connectivity index (χ1n) is 11.5. The van der Waals surface area contributed by atoms with Crippen LogP contribution in [0.4, 0.5) is 5.69 Å². The van der Waals surface area contributed by atoms with Crippen LogP contribution >= 0.6 is 27.5 Å². The number of benzene rings is 4. The molecule has 0 aromatic heterocycles. The van der Waals surface area contributed by atoms with Crippen LogP contribution in [0.5, 0.6) is 11.5 Å². The number of methoxy groups -OCH3 is 1. The lowest BCUT2D eigenvalue weighted by atomic mass is 10.2. The average Bonchev–Trinajstić information content (AvgIpc) is 2.94. The molecule has 40 heavy (non-hydrogen) atoms. The second-order valence-corrected chi connectivity index (χ2v) is 11.2. The van der Waals surface area contributed by atoms with Gasteiger partial charge < -0.3 is 9.47 Å². The van der Waals surface area contributed by atoms with E-state index in [1.807, 2.05) is 0 Å². The normalized spacial score (nSPS) is 11.2. The summed E-state index contributed by atoms with van der Waals surface area (Å²) in [6, 6.07) is 23.0. The van der Waals surface area contributed by atoms with E-state index < -0.39 is 21.9 Å². The number of hydrogen-bond acceptors (Lipinski definition) is 7. The number of esters is 1. The molecule has 0 aliphatic carbocycles. The third-order valence-corrected chi connectivity index (χ3v) is 7.54.